The molecule has 0 radical (unpaired) electrons. The summed E-state index contributed by atoms with van der Waals surface area (Å²) in [7, 11) is 0. The largest absolute Gasteiger partial charge is 0.458 e. The van der Waals surface area contributed by atoms with Gasteiger partial charge in [-0.05, 0) is 34.6 Å². The molecule has 0 amide bonds. The Bertz CT molecular complexity index is 1500. The van der Waals surface area contributed by atoms with Gasteiger partial charge < -0.3 is 43.7 Å². The summed E-state index contributed by atoms with van der Waals surface area (Å²) in [6.45, 7) is 12.5. The molecule has 13 nitrogen and oxygen atoms in total. The van der Waals surface area contributed by atoms with Crippen LogP contribution in [-0.4, -0.2) is 104 Å². The molecule has 4 aliphatic carbocycles. The van der Waals surface area contributed by atoms with Gasteiger partial charge in [-0.3, -0.25) is 9.59 Å². The lowest BCUT2D eigenvalue weighted by Gasteiger charge is -2.53. The van der Waals surface area contributed by atoms with E-state index >= 15 is 0 Å². The second kappa shape index (κ2) is 6.81. The van der Waals surface area contributed by atoms with Crippen LogP contribution in [0.3, 0.4) is 0 Å². The molecule has 16 atom stereocenters. The molecule has 6 aliphatic heterocycles. The van der Waals surface area contributed by atoms with Crippen LogP contribution in [0.1, 0.15) is 47.5 Å². The van der Waals surface area contributed by atoms with Gasteiger partial charge >= 0.3 is 23.9 Å². The number of hydrogen-bond donors (Lipinski definition) is 3. The number of epoxide rings is 2. The van der Waals surface area contributed by atoms with Crippen molar-refractivity contribution < 1.29 is 62.9 Å². The number of fused-ring (bicyclic) bond motifs is 8. The van der Waals surface area contributed by atoms with E-state index in [9.17, 15) is 34.5 Å². The second-order valence-electron chi connectivity index (χ2n) is 15.3. The Morgan fingerprint density at radius 1 is 0.791 bits per heavy atom. The van der Waals surface area contributed by atoms with Crippen LogP contribution in [0.25, 0.3) is 0 Å². The Balaban J connectivity index is 0.000000121. The first-order chi connectivity index (χ1) is 19.9. The van der Waals surface area contributed by atoms with Crippen molar-refractivity contribution in [3.05, 3.63) is 12.2 Å². The SMILES string of the molecule is C=C(C)[C@H]1[C@@H]2OC(=O)[C@H]1[C@]1(O)C[C@H]3OC34C(=O)O[C@H]2[C@@]41C.CC(C)(O)[C@H]1[C@@H]2OC(=O)[C@H]1[C@]1(O)C[C@H]3OC34C(=O)O[C@H]2[C@@]41C. The summed E-state index contributed by atoms with van der Waals surface area (Å²) in [4.78, 5) is 49.4. The van der Waals surface area contributed by atoms with Gasteiger partial charge in [-0.25, -0.2) is 9.59 Å². The number of hydrogen-bond acceptors (Lipinski definition) is 13. The van der Waals surface area contributed by atoms with Gasteiger partial charge in [-0.1, -0.05) is 12.2 Å². The molecule has 0 aromatic rings. The van der Waals surface area contributed by atoms with Crippen LogP contribution < -0.4 is 0 Å². The molecule has 0 aromatic heterocycles. The first kappa shape index (κ1) is 26.8. The van der Waals surface area contributed by atoms with E-state index in [0.717, 1.165) is 5.57 Å². The third-order valence-corrected chi connectivity index (χ3v) is 13.4. The molecule has 4 saturated carbocycles. The number of rotatable bonds is 2. The van der Waals surface area contributed by atoms with E-state index < -0.39 is 111 Å². The molecule has 2 unspecified atom stereocenters. The highest BCUT2D eigenvalue weighted by Gasteiger charge is 2.97. The Morgan fingerprint density at radius 3 is 1.72 bits per heavy atom. The number of carbonyl (C=O) groups excluding carboxylic acids is 4. The van der Waals surface area contributed by atoms with Crippen LogP contribution in [0.2, 0.25) is 0 Å². The van der Waals surface area contributed by atoms with E-state index in [1.54, 1.807) is 27.7 Å². The predicted octanol–water partition coefficient (Wildman–Crippen LogP) is -0.929. The summed E-state index contributed by atoms with van der Waals surface area (Å²) >= 11 is 0. The van der Waals surface area contributed by atoms with Crippen molar-refractivity contribution in [3.8, 4) is 0 Å². The summed E-state index contributed by atoms with van der Waals surface area (Å²) in [5, 5.41) is 33.3. The number of esters is 4. The van der Waals surface area contributed by atoms with Crippen LogP contribution in [0.4, 0.5) is 0 Å². The van der Waals surface area contributed by atoms with E-state index in [-0.39, 0.29) is 24.9 Å². The lowest BCUT2D eigenvalue weighted by atomic mass is 9.52. The van der Waals surface area contributed by atoms with Gasteiger partial charge in [0.2, 0.25) is 11.2 Å². The predicted molar refractivity (Wildman–Crippen MR) is 135 cm³/mol. The molecular formula is C30H34O13. The average Bonchev–Trinajstić information content (AvgIpc) is 3.58. The third-order valence-electron chi connectivity index (χ3n) is 13.4. The van der Waals surface area contributed by atoms with Gasteiger partial charge in [0.15, 0.2) is 12.2 Å². The van der Waals surface area contributed by atoms with Gasteiger partial charge in [0, 0.05) is 24.7 Å². The minimum absolute atomic E-state index is 0.189. The number of ether oxygens (including phenoxy) is 6. The van der Waals surface area contributed by atoms with Crippen molar-refractivity contribution >= 4 is 23.9 Å². The molecule has 3 N–H and O–H groups in total. The van der Waals surface area contributed by atoms with Crippen molar-refractivity contribution in [2.24, 2.45) is 34.5 Å². The smallest absolute Gasteiger partial charge is 0.342 e. The first-order valence-electron chi connectivity index (χ1n) is 14.9. The molecule has 232 valence electrons. The van der Waals surface area contributed by atoms with Crippen molar-refractivity contribution in [1.82, 2.24) is 0 Å². The highest BCUT2D eigenvalue weighted by molar-refractivity contribution is 5.92. The summed E-state index contributed by atoms with van der Waals surface area (Å²) < 4.78 is 33.2. The van der Waals surface area contributed by atoms with Crippen LogP contribution in [0.15, 0.2) is 12.2 Å². The van der Waals surface area contributed by atoms with Crippen LogP contribution in [0.5, 0.6) is 0 Å². The fraction of sp³-hybridized carbons (Fsp3) is 0.800. The fourth-order valence-corrected chi connectivity index (χ4v) is 11.4. The zero-order chi connectivity index (χ0) is 30.8. The zero-order valence-corrected chi connectivity index (χ0v) is 24.3. The summed E-state index contributed by atoms with van der Waals surface area (Å²) in [6, 6.07) is 0. The molecule has 0 aromatic carbocycles. The lowest BCUT2D eigenvalue weighted by molar-refractivity contribution is -0.223. The van der Waals surface area contributed by atoms with Gasteiger partial charge in [0.1, 0.15) is 24.4 Å². The standard InChI is InChI=1S/C15H18O7.C15H16O6/c1-12(2,18)6-7-10(16)20-8(6)9-13(3)14(7,19)4-5-15(13,22-5)11(17)21-9;1-5(2)7-8-11(16)19-9(7)10-13(3)14(8,18)4-6-15(13,21-6)12(17)20-10/h5-9,18-19H,4H2,1-3H3;6-10,18H,1,4H2,2-3H3/t5-,6-,7+,8+,9-,13-,14-,15?;6-,7-,8+,9+,10-,13-,14-,15?/m11/s1. The molecule has 6 heterocycles. The van der Waals surface area contributed by atoms with Crippen molar-refractivity contribution in [1.29, 1.82) is 0 Å². The number of carbonyl (C=O) groups is 4. The average molecular weight is 603 g/mol. The van der Waals surface area contributed by atoms with Crippen LogP contribution in [-0.2, 0) is 47.6 Å². The molecule has 2 spiro atoms. The van der Waals surface area contributed by atoms with Gasteiger partial charge in [-0.2, -0.15) is 0 Å². The lowest BCUT2D eigenvalue weighted by Crippen LogP contribution is -2.68. The van der Waals surface area contributed by atoms with Crippen LogP contribution >= 0.6 is 0 Å². The maximum absolute atomic E-state index is 12.4. The molecule has 13 heteroatoms. The minimum atomic E-state index is -1.47. The maximum atomic E-state index is 12.4. The summed E-state index contributed by atoms with van der Waals surface area (Å²) in [6.07, 6.45) is -3.12. The van der Waals surface area contributed by atoms with Gasteiger partial charge in [0.05, 0.1) is 39.5 Å². The minimum Gasteiger partial charge on any atom is -0.458 e. The molecular weight excluding hydrogens is 568 g/mol. The van der Waals surface area contributed by atoms with E-state index in [1.165, 1.54) is 0 Å². The maximum Gasteiger partial charge on any atom is 0.342 e. The normalized spacial score (nSPS) is 61.3. The van der Waals surface area contributed by atoms with E-state index in [2.05, 4.69) is 6.58 Å². The zero-order valence-electron chi connectivity index (χ0n) is 24.3. The molecule has 43 heavy (non-hydrogen) atoms. The molecule has 6 saturated heterocycles. The Morgan fingerprint density at radius 2 is 1.23 bits per heavy atom. The quantitative estimate of drug-likeness (QED) is 0.152. The second-order valence-corrected chi connectivity index (χ2v) is 15.3. The van der Waals surface area contributed by atoms with E-state index in [4.69, 9.17) is 28.4 Å². The van der Waals surface area contributed by atoms with E-state index in [0.29, 0.717) is 0 Å². The van der Waals surface area contributed by atoms with Gasteiger partial charge in [-0.15, -0.1) is 0 Å². The fourth-order valence-electron chi connectivity index (χ4n) is 11.4. The Hall–Kier alpha value is -2.58. The first-order valence-corrected chi connectivity index (χ1v) is 14.9. The third kappa shape index (κ3) is 2.29. The summed E-state index contributed by atoms with van der Waals surface area (Å²) in [5.41, 5.74) is -7.49. The monoisotopic (exact) mass is 602 g/mol. The molecule has 10 aliphatic rings. The van der Waals surface area contributed by atoms with Crippen molar-refractivity contribution in [2.75, 3.05) is 0 Å². The highest BCUT2D eigenvalue weighted by atomic mass is 16.7. The van der Waals surface area contributed by atoms with E-state index in [1.807, 2.05) is 6.92 Å². The summed E-state index contributed by atoms with van der Waals surface area (Å²) in [5.74, 6) is -4.37. The van der Waals surface area contributed by atoms with Crippen molar-refractivity contribution in [2.45, 2.75) is 112 Å². The molecule has 10 fully saturated rings. The molecule has 10 rings (SSSR count). The molecule has 4 bridgehead atoms. The van der Waals surface area contributed by atoms with Crippen LogP contribution in [0, 0.1) is 34.5 Å². The number of aliphatic hydroxyl groups is 3. The van der Waals surface area contributed by atoms with Gasteiger partial charge in [0.25, 0.3) is 0 Å². The van der Waals surface area contributed by atoms with Crippen molar-refractivity contribution in [3.63, 3.8) is 0 Å². The Kier molecular flexibility index (Phi) is 4.24. The topological polar surface area (TPSA) is 191 Å². The highest BCUT2D eigenvalue weighted by Crippen LogP contribution is 2.78. The Labute approximate surface area is 245 Å².